The van der Waals surface area contributed by atoms with Gasteiger partial charge in [-0.3, -0.25) is 4.79 Å². The number of rotatable bonds is 0. The minimum atomic E-state index is -2.12. The summed E-state index contributed by atoms with van der Waals surface area (Å²) >= 11 is 0. The van der Waals surface area contributed by atoms with Crippen molar-refractivity contribution in [3.63, 3.8) is 0 Å². The summed E-state index contributed by atoms with van der Waals surface area (Å²) in [6.07, 6.45) is -5.20. The summed E-state index contributed by atoms with van der Waals surface area (Å²) in [4.78, 5) is 11.5. The smallest absolute Gasteiger partial charge is 0.138 e. The van der Waals surface area contributed by atoms with Crippen molar-refractivity contribution in [2.24, 2.45) is 0 Å². The Balaban J connectivity index is 2.31. The van der Waals surface area contributed by atoms with E-state index in [-0.39, 0.29) is 31.5 Å². The lowest BCUT2D eigenvalue weighted by molar-refractivity contribution is -0.139. The lowest BCUT2D eigenvalue weighted by atomic mass is 9.91. The first-order valence-corrected chi connectivity index (χ1v) is 3.69. The third-order valence-electron chi connectivity index (χ3n) is 2.02. The van der Waals surface area contributed by atoms with Crippen molar-refractivity contribution in [3.8, 4) is 0 Å². The average Bonchev–Trinajstić information content (AvgIpc) is 2.08. The quantitative estimate of drug-likeness (QED) is 0.539. The molecule has 11 heavy (non-hydrogen) atoms. The highest BCUT2D eigenvalue weighted by Gasteiger charge is 2.39. The van der Waals surface area contributed by atoms with E-state index in [1.807, 2.05) is 0 Å². The van der Waals surface area contributed by atoms with Crippen LogP contribution < -0.4 is 0 Å². The fourth-order valence-electron chi connectivity index (χ4n) is 1.43. The van der Waals surface area contributed by atoms with Crippen LogP contribution >= 0.6 is 0 Å². The summed E-state index contributed by atoms with van der Waals surface area (Å²) in [5.74, 6) is -0.338. The van der Waals surface area contributed by atoms with Crippen molar-refractivity contribution in [1.82, 2.24) is 0 Å². The first-order valence-electron chi connectivity index (χ1n) is 6.69. The summed E-state index contributed by atoms with van der Waals surface area (Å²) in [5, 5.41) is 0. The molecule has 2 heteroatoms. The largest absolute Gasteiger partial charge is 0.374 e. The molecule has 2 aliphatic rings. The second kappa shape index (κ2) is 2.59. The fourth-order valence-corrected chi connectivity index (χ4v) is 1.43. The van der Waals surface area contributed by atoms with Gasteiger partial charge in [0.2, 0.25) is 0 Å². The molecule has 0 aromatic carbocycles. The van der Waals surface area contributed by atoms with Crippen LogP contribution in [0.15, 0.2) is 0 Å². The maximum Gasteiger partial charge on any atom is 0.138 e. The molecular formula is C9H14O2. The Morgan fingerprint density at radius 3 is 2.82 bits per heavy atom. The number of Topliss-reactive ketones (excluding diaryl/α,β-unsaturated/α-hetero) is 1. The number of hydrogen-bond acceptors (Lipinski definition) is 2. The minimum absolute atomic E-state index is 0.106. The first-order chi connectivity index (χ1) is 7.47. The molecule has 0 aromatic rings. The van der Waals surface area contributed by atoms with Crippen LogP contribution in [0.5, 0.6) is 0 Å². The molecular weight excluding hydrogens is 140 g/mol. The van der Waals surface area contributed by atoms with Crippen molar-refractivity contribution in [1.29, 1.82) is 0 Å². The van der Waals surface area contributed by atoms with Gasteiger partial charge in [0.05, 0.1) is 14.9 Å². The van der Waals surface area contributed by atoms with Gasteiger partial charge >= 0.3 is 0 Å². The van der Waals surface area contributed by atoms with E-state index in [0.717, 1.165) is 0 Å². The van der Waals surface area contributed by atoms with Crippen LogP contribution in [0.3, 0.4) is 0 Å². The first kappa shape index (κ1) is 3.17. The Morgan fingerprint density at radius 1 is 1.45 bits per heavy atom. The number of ether oxygens (including phenoxy) is 1. The highest BCUT2D eigenvalue weighted by atomic mass is 16.5. The summed E-state index contributed by atoms with van der Waals surface area (Å²) in [5.41, 5.74) is -1.33. The second-order valence-corrected chi connectivity index (χ2v) is 3.03. The highest BCUT2D eigenvalue weighted by Crippen LogP contribution is 2.38. The van der Waals surface area contributed by atoms with Crippen LogP contribution in [-0.2, 0) is 9.53 Å². The average molecular weight is 160 g/mol. The Hall–Kier alpha value is -0.370. The maximum absolute atomic E-state index is 11.5. The zero-order valence-electron chi connectivity index (χ0n) is 12.1. The Kier molecular flexibility index (Phi) is 0.748. The standard InChI is InChI=1S/C9H14O2/c10-8-3-6-11-9(7-8)4-1-2-5-9/h1-7H2/i1D2,2D2,6D2. The third-order valence-corrected chi connectivity index (χ3v) is 2.02. The molecule has 0 radical (unpaired) electrons. The predicted molar refractivity (Wildman–Crippen MR) is 41.4 cm³/mol. The van der Waals surface area contributed by atoms with Gasteiger partial charge in [-0.15, -0.1) is 0 Å². The van der Waals surface area contributed by atoms with Gasteiger partial charge in [0.25, 0.3) is 0 Å². The van der Waals surface area contributed by atoms with E-state index in [1.54, 1.807) is 0 Å². The topological polar surface area (TPSA) is 26.3 Å². The van der Waals surface area contributed by atoms with E-state index in [1.165, 1.54) is 0 Å². The minimum Gasteiger partial charge on any atom is -0.374 e. The molecule has 2 nitrogen and oxygen atoms in total. The molecule has 1 heterocycles. The fraction of sp³-hybridized carbons (Fsp3) is 0.889. The summed E-state index contributed by atoms with van der Waals surface area (Å²) < 4.78 is 50.7. The van der Waals surface area contributed by atoms with Crippen LogP contribution in [0.2, 0.25) is 0 Å². The summed E-state index contributed by atoms with van der Waals surface area (Å²) in [6, 6.07) is 0. The van der Waals surface area contributed by atoms with Crippen molar-refractivity contribution in [2.75, 3.05) is 6.56 Å². The highest BCUT2D eigenvalue weighted by molar-refractivity contribution is 5.80. The van der Waals surface area contributed by atoms with Crippen molar-refractivity contribution in [2.45, 2.75) is 44.0 Å². The molecule has 1 spiro atoms. The van der Waals surface area contributed by atoms with E-state index in [2.05, 4.69) is 0 Å². The maximum atomic E-state index is 11.5. The Morgan fingerprint density at radius 2 is 2.18 bits per heavy atom. The van der Waals surface area contributed by atoms with Gasteiger partial charge in [0.15, 0.2) is 0 Å². The molecule has 0 unspecified atom stereocenters. The molecule has 2 fully saturated rings. The molecule has 0 atom stereocenters. The molecule has 2 rings (SSSR count). The molecule has 0 amide bonds. The number of carbonyl (C=O) groups excluding carboxylic acids is 1. The van der Waals surface area contributed by atoms with E-state index in [9.17, 15) is 4.79 Å². The lowest BCUT2D eigenvalue weighted by Gasteiger charge is -2.32. The van der Waals surface area contributed by atoms with Crippen molar-refractivity contribution < 1.29 is 17.8 Å². The molecule has 1 saturated heterocycles. The molecule has 1 saturated carbocycles. The normalized spacial score (nSPS) is 51.5. The van der Waals surface area contributed by atoms with Gasteiger partial charge in [-0.1, -0.05) is 12.7 Å². The number of ketones is 1. The van der Waals surface area contributed by atoms with E-state index in [4.69, 9.17) is 13.0 Å². The van der Waals surface area contributed by atoms with Gasteiger partial charge in [-0.2, -0.15) is 0 Å². The van der Waals surface area contributed by atoms with Gasteiger partial charge in [-0.25, -0.2) is 0 Å². The SMILES string of the molecule is [2H]C1([2H])CC(=O)CC2(CC([2H])([2H])C([2H])([2H])C2)O1. The number of carbonyl (C=O) groups is 1. The van der Waals surface area contributed by atoms with Crippen LogP contribution in [0, 0.1) is 0 Å². The van der Waals surface area contributed by atoms with Crippen LogP contribution in [0.25, 0.3) is 0 Å². The third kappa shape index (κ3) is 1.32. The molecule has 1 aliphatic carbocycles. The van der Waals surface area contributed by atoms with E-state index < -0.39 is 24.9 Å². The molecule has 0 N–H and O–H groups in total. The Labute approximate surface area is 75.4 Å². The van der Waals surface area contributed by atoms with Gasteiger partial charge < -0.3 is 4.74 Å². The molecule has 0 aromatic heterocycles. The van der Waals surface area contributed by atoms with Gasteiger partial charge in [0.1, 0.15) is 5.78 Å². The summed E-state index contributed by atoms with van der Waals surface area (Å²) in [7, 11) is 0. The Bertz CT molecular complexity index is 348. The van der Waals surface area contributed by atoms with Crippen LogP contribution in [0.1, 0.15) is 46.7 Å². The van der Waals surface area contributed by atoms with Crippen molar-refractivity contribution in [3.05, 3.63) is 0 Å². The van der Waals surface area contributed by atoms with Crippen LogP contribution in [-0.4, -0.2) is 17.9 Å². The van der Waals surface area contributed by atoms with Crippen molar-refractivity contribution >= 4 is 5.78 Å². The van der Waals surface area contributed by atoms with Gasteiger partial charge in [-0.05, 0) is 12.8 Å². The van der Waals surface area contributed by atoms with Crippen LogP contribution in [0.4, 0.5) is 0 Å². The molecule has 1 aliphatic heterocycles. The zero-order chi connectivity index (χ0) is 13.1. The monoisotopic (exact) mass is 160 g/mol. The zero-order valence-corrected chi connectivity index (χ0v) is 6.14. The number of hydrogen-bond donors (Lipinski definition) is 0. The molecule has 62 valence electrons. The van der Waals surface area contributed by atoms with E-state index >= 15 is 0 Å². The van der Waals surface area contributed by atoms with E-state index in [0.29, 0.717) is 0 Å². The second-order valence-electron chi connectivity index (χ2n) is 3.03. The molecule has 0 bridgehead atoms. The summed E-state index contributed by atoms with van der Waals surface area (Å²) in [6.45, 7) is -2.12. The van der Waals surface area contributed by atoms with Gasteiger partial charge in [0, 0.05) is 18.3 Å². The lowest BCUT2D eigenvalue weighted by Crippen LogP contribution is -2.37. The predicted octanol–water partition coefficient (Wildman–Crippen LogP) is 1.68.